The zero-order chi connectivity index (χ0) is 12.3. The topological polar surface area (TPSA) is 50.7 Å². The minimum atomic E-state index is -0.262. The summed E-state index contributed by atoms with van der Waals surface area (Å²) in [5, 5.41) is 13.1. The van der Waals surface area contributed by atoms with E-state index in [1.54, 1.807) is 14.2 Å². The number of hydrogen-bond acceptors (Lipinski definition) is 4. The van der Waals surface area contributed by atoms with Gasteiger partial charge in [0.25, 0.3) is 0 Å². The van der Waals surface area contributed by atoms with Gasteiger partial charge >= 0.3 is 0 Å². The Balaban J connectivity index is 2.14. The molecule has 0 saturated heterocycles. The van der Waals surface area contributed by atoms with Crippen LogP contribution in [-0.4, -0.2) is 31.5 Å². The van der Waals surface area contributed by atoms with Crippen LogP contribution in [0.3, 0.4) is 0 Å². The van der Waals surface area contributed by atoms with Gasteiger partial charge in [-0.3, -0.25) is 0 Å². The highest BCUT2D eigenvalue weighted by Gasteiger charge is 2.25. The molecule has 0 heterocycles. The molecule has 1 saturated carbocycles. The van der Waals surface area contributed by atoms with Crippen molar-refractivity contribution in [2.45, 2.75) is 31.4 Å². The molecule has 2 unspecified atom stereocenters. The van der Waals surface area contributed by atoms with Crippen LogP contribution in [0.15, 0.2) is 18.2 Å². The Morgan fingerprint density at radius 2 is 2.06 bits per heavy atom. The lowest BCUT2D eigenvalue weighted by Crippen LogP contribution is -2.28. The standard InChI is InChI=1S/C13H19NO3/c1-16-9-6-7-11(13(8-9)17-2)14-10-4-3-5-12(10)15/h6-8,10,12,14-15H,3-5H2,1-2H3. The van der Waals surface area contributed by atoms with Crippen molar-refractivity contribution in [3.8, 4) is 11.5 Å². The van der Waals surface area contributed by atoms with Crippen LogP contribution in [0, 0.1) is 0 Å². The minimum absolute atomic E-state index is 0.122. The van der Waals surface area contributed by atoms with Crippen molar-refractivity contribution >= 4 is 5.69 Å². The number of hydrogen-bond donors (Lipinski definition) is 2. The van der Waals surface area contributed by atoms with Gasteiger partial charge in [0, 0.05) is 6.07 Å². The summed E-state index contributed by atoms with van der Waals surface area (Å²) in [6, 6.07) is 5.76. The number of nitrogens with one attached hydrogen (secondary N) is 1. The Labute approximate surface area is 102 Å². The van der Waals surface area contributed by atoms with Crippen LogP contribution in [0.1, 0.15) is 19.3 Å². The van der Waals surface area contributed by atoms with Crippen molar-refractivity contribution in [2.24, 2.45) is 0 Å². The fourth-order valence-electron chi connectivity index (χ4n) is 2.23. The third kappa shape index (κ3) is 2.64. The van der Waals surface area contributed by atoms with E-state index in [4.69, 9.17) is 9.47 Å². The lowest BCUT2D eigenvalue weighted by molar-refractivity contribution is 0.171. The molecule has 1 aliphatic carbocycles. The van der Waals surface area contributed by atoms with Gasteiger partial charge in [0.1, 0.15) is 11.5 Å². The summed E-state index contributed by atoms with van der Waals surface area (Å²) in [5.74, 6) is 1.50. The molecule has 0 spiro atoms. The van der Waals surface area contributed by atoms with Gasteiger partial charge in [-0.15, -0.1) is 0 Å². The molecule has 4 nitrogen and oxygen atoms in total. The molecule has 1 fully saturated rings. The average molecular weight is 237 g/mol. The van der Waals surface area contributed by atoms with Crippen molar-refractivity contribution < 1.29 is 14.6 Å². The molecule has 0 bridgehead atoms. The molecule has 0 radical (unpaired) electrons. The van der Waals surface area contributed by atoms with Crippen molar-refractivity contribution in [1.29, 1.82) is 0 Å². The Bertz CT molecular complexity index is 381. The van der Waals surface area contributed by atoms with Crippen LogP contribution in [0.2, 0.25) is 0 Å². The number of methoxy groups -OCH3 is 2. The van der Waals surface area contributed by atoms with Crippen LogP contribution in [0.4, 0.5) is 5.69 Å². The van der Waals surface area contributed by atoms with Crippen LogP contribution < -0.4 is 14.8 Å². The van der Waals surface area contributed by atoms with Crippen LogP contribution >= 0.6 is 0 Å². The quantitative estimate of drug-likeness (QED) is 0.841. The number of ether oxygens (including phenoxy) is 2. The number of aliphatic hydroxyl groups excluding tert-OH is 1. The van der Waals surface area contributed by atoms with E-state index in [-0.39, 0.29) is 12.1 Å². The maximum Gasteiger partial charge on any atom is 0.145 e. The molecule has 1 aliphatic rings. The first kappa shape index (κ1) is 12.0. The average Bonchev–Trinajstić information content (AvgIpc) is 2.75. The maximum atomic E-state index is 9.79. The van der Waals surface area contributed by atoms with E-state index in [9.17, 15) is 5.11 Å². The second-order valence-corrected chi connectivity index (χ2v) is 4.32. The molecule has 1 aromatic carbocycles. The summed E-state index contributed by atoms with van der Waals surface area (Å²) >= 11 is 0. The number of benzene rings is 1. The largest absolute Gasteiger partial charge is 0.497 e. The van der Waals surface area contributed by atoms with E-state index in [1.165, 1.54) is 0 Å². The molecular weight excluding hydrogens is 218 g/mol. The van der Waals surface area contributed by atoms with E-state index in [1.807, 2.05) is 18.2 Å². The van der Waals surface area contributed by atoms with Gasteiger partial charge in [-0.1, -0.05) is 0 Å². The van der Waals surface area contributed by atoms with E-state index < -0.39 is 0 Å². The Morgan fingerprint density at radius 1 is 1.24 bits per heavy atom. The van der Waals surface area contributed by atoms with E-state index in [0.29, 0.717) is 0 Å². The van der Waals surface area contributed by atoms with E-state index >= 15 is 0 Å². The first-order valence-electron chi connectivity index (χ1n) is 5.91. The zero-order valence-corrected chi connectivity index (χ0v) is 10.3. The molecular formula is C13H19NO3. The monoisotopic (exact) mass is 237 g/mol. The third-order valence-electron chi connectivity index (χ3n) is 3.23. The van der Waals surface area contributed by atoms with Gasteiger partial charge in [0.05, 0.1) is 32.1 Å². The summed E-state index contributed by atoms with van der Waals surface area (Å²) in [5.41, 5.74) is 0.902. The lowest BCUT2D eigenvalue weighted by atomic mass is 10.2. The van der Waals surface area contributed by atoms with Gasteiger partial charge in [-0.25, -0.2) is 0 Å². The first-order chi connectivity index (χ1) is 8.24. The smallest absolute Gasteiger partial charge is 0.145 e. The molecule has 0 aromatic heterocycles. The molecule has 2 rings (SSSR count). The van der Waals surface area contributed by atoms with E-state index in [2.05, 4.69) is 5.32 Å². The third-order valence-corrected chi connectivity index (χ3v) is 3.23. The molecule has 94 valence electrons. The second kappa shape index (κ2) is 5.27. The van der Waals surface area contributed by atoms with Crippen LogP contribution in [0.25, 0.3) is 0 Å². The fourth-order valence-corrected chi connectivity index (χ4v) is 2.23. The van der Waals surface area contributed by atoms with Crippen molar-refractivity contribution in [2.75, 3.05) is 19.5 Å². The van der Waals surface area contributed by atoms with Crippen LogP contribution in [0.5, 0.6) is 11.5 Å². The summed E-state index contributed by atoms with van der Waals surface area (Å²) in [6.07, 6.45) is 2.67. The lowest BCUT2D eigenvalue weighted by Gasteiger charge is -2.20. The Morgan fingerprint density at radius 3 is 2.65 bits per heavy atom. The highest BCUT2D eigenvalue weighted by atomic mass is 16.5. The highest BCUT2D eigenvalue weighted by Crippen LogP contribution is 2.32. The SMILES string of the molecule is COc1ccc(NC2CCCC2O)c(OC)c1. The van der Waals surface area contributed by atoms with Crippen LogP contribution in [-0.2, 0) is 0 Å². The molecule has 0 amide bonds. The number of rotatable bonds is 4. The predicted molar refractivity (Wildman–Crippen MR) is 66.8 cm³/mol. The summed E-state index contributed by atoms with van der Waals surface area (Å²) in [6.45, 7) is 0. The number of aliphatic hydroxyl groups is 1. The van der Waals surface area contributed by atoms with Crippen molar-refractivity contribution in [3.05, 3.63) is 18.2 Å². The molecule has 17 heavy (non-hydrogen) atoms. The molecule has 1 aromatic rings. The van der Waals surface area contributed by atoms with Crippen molar-refractivity contribution in [3.63, 3.8) is 0 Å². The van der Waals surface area contributed by atoms with Gasteiger partial charge in [0.2, 0.25) is 0 Å². The second-order valence-electron chi connectivity index (χ2n) is 4.32. The van der Waals surface area contributed by atoms with Gasteiger partial charge in [-0.05, 0) is 31.4 Å². The summed E-state index contributed by atoms with van der Waals surface area (Å²) in [7, 11) is 3.26. The van der Waals surface area contributed by atoms with Gasteiger partial charge in [-0.2, -0.15) is 0 Å². The van der Waals surface area contributed by atoms with Crippen molar-refractivity contribution in [1.82, 2.24) is 0 Å². The summed E-state index contributed by atoms with van der Waals surface area (Å²) < 4.78 is 10.5. The normalized spacial score (nSPS) is 23.5. The maximum absolute atomic E-state index is 9.79. The fraction of sp³-hybridized carbons (Fsp3) is 0.538. The molecule has 0 aliphatic heterocycles. The predicted octanol–water partition coefficient (Wildman–Crippen LogP) is 2.03. The first-order valence-corrected chi connectivity index (χ1v) is 5.91. The minimum Gasteiger partial charge on any atom is -0.497 e. The Kier molecular flexibility index (Phi) is 3.74. The molecule has 2 N–H and O–H groups in total. The highest BCUT2D eigenvalue weighted by molar-refractivity contribution is 5.59. The zero-order valence-electron chi connectivity index (χ0n) is 10.3. The molecule has 2 atom stereocenters. The van der Waals surface area contributed by atoms with Gasteiger partial charge in [0.15, 0.2) is 0 Å². The van der Waals surface area contributed by atoms with Gasteiger partial charge < -0.3 is 19.9 Å². The summed E-state index contributed by atoms with van der Waals surface area (Å²) in [4.78, 5) is 0. The molecule has 4 heteroatoms. The Hall–Kier alpha value is -1.42. The number of anilines is 1. The van der Waals surface area contributed by atoms with E-state index in [0.717, 1.165) is 36.4 Å².